The number of carbonyl (C=O) groups excluding carboxylic acids is 1. The zero-order valence-electron chi connectivity index (χ0n) is 11.5. The van der Waals surface area contributed by atoms with E-state index < -0.39 is 22.8 Å². The predicted molar refractivity (Wildman–Crippen MR) is 76.6 cm³/mol. The van der Waals surface area contributed by atoms with Gasteiger partial charge >= 0.3 is 5.97 Å². The Morgan fingerprint density at radius 1 is 1.43 bits per heavy atom. The van der Waals surface area contributed by atoms with Crippen molar-refractivity contribution < 1.29 is 19.6 Å². The van der Waals surface area contributed by atoms with Crippen molar-refractivity contribution in [1.82, 2.24) is 5.32 Å². The zero-order valence-corrected chi connectivity index (χ0v) is 11.5. The van der Waals surface area contributed by atoms with Crippen molar-refractivity contribution in [2.24, 2.45) is 0 Å². The first-order chi connectivity index (χ1) is 9.95. The van der Waals surface area contributed by atoms with Gasteiger partial charge < -0.3 is 10.4 Å². The predicted octanol–water partition coefficient (Wildman–Crippen LogP) is 1.98. The summed E-state index contributed by atoms with van der Waals surface area (Å²) in [5.41, 5.74) is 0.157. The van der Waals surface area contributed by atoms with Gasteiger partial charge in [-0.05, 0) is 18.6 Å². The first-order valence-electron chi connectivity index (χ1n) is 6.40. The van der Waals surface area contributed by atoms with Gasteiger partial charge in [0.05, 0.1) is 10.5 Å². The second-order valence-corrected chi connectivity index (χ2v) is 4.34. The molecule has 0 radical (unpaired) electrons. The van der Waals surface area contributed by atoms with Gasteiger partial charge in [0.15, 0.2) is 0 Å². The van der Waals surface area contributed by atoms with Gasteiger partial charge in [0.1, 0.15) is 6.04 Å². The summed E-state index contributed by atoms with van der Waals surface area (Å²) in [4.78, 5) is 32.8. The lowest BCUT2D eigenvalue weighted by Gasteiger charge is -2.11. The summed E-state index contributed by atoms with van der Waals surface area (Å²) in [7, 11) is 0. The van der Waals surface area contributed by atoms with Crippen LogP contribution in [0.3, 0.4) is 0 Å². The van der Waals surface area contributed by atoms with Crippen molar-refractivity contribution in [3.63, 3.8) is 0 Å². The van der Waals surface area contributed by atoms with Gasteiger partial charge in [-0.2, -0.15) is 0 Å². The van der Waals surface area contributed by atoms with Gasteiger partial charge in [0.25, 0.3) is 5.69 Å². The van der Waals surface area contributed by atoms with Crippen molar-refractivity contribution >= 4 is 23.6 Å². The Morgan fingerprint density at radius 3 is 2.67 bits per heavy atom. The second-order valence-electron chi connectivity index (χ2n) is 4.34. The molecule has 0 unspecified atom stereocenters. The largest absolute Gasteiger partial charge is 0.480 e. The van der Waals surface area contributed by atoms with Crippen LogP contribution in [0.15, 0.2) is 30.3 Å². The Kier molecular flexibility index (Phi) is 6.06. The highest BCUT2D eigenvalue weighted by Gasteiger charge is 2.17. The molecule has 0 aliphatic rings. The lowest BCUT2D eigenvalue weighted by atomic mass is 10.1. The van der Waals surface area contributed by atoms with Gasteiger partial charge in [0, 0.05) is 12.1 Å². The van der Waals surface area contributed by atoms with Crippen LogP contribution in [0.5, 0.6) is 0 Å². The normalized spacial score (nSPS) is 12.0. The molecule has 0 heterocycles. The van der Waals surface area contributed by atoms with Crippen molar-refractivity contribution in [2.45, 2.75) is 25.8 Å². The highest BCUT2D eigenvalue weighted by Crippen LogP contribution is 2.18. The van der Waals surface area contributed by atoms with Crippen molar-refractivity contribution in [1.29, 1.82) is 0 Å². The van der Waals surface area contributed by atoms with Gasteiger partial charge in [-0.25, -0.2) is 4.79 Å². The number of rotatable bonds is 7. The van der Waals surface area contributed by atoms with Crippen LogP contribution in [0.25, 0.3) is 6.08 Å². The quantitative estimate of drug-likeness (QED) is 0.453. The monoisotopic (exact) mass is 292 g/mol. The maximum Gasteiger partial charge on any atom is 0.326 e. The number of amides is 1. The molecule has 1 aromatic rings. The molecule has 0 aliphatic heterocycles. The number of carboxylic acids is 1. The van der Waals surface area contributed by atoms with E-state index in [-0.39, 0.29) is 11.3 Å². The summed E-state index contributed by atoms with van der Waals surface area (Å²) in [6.45, 7) is 1.81. The molecule has 1 aromatic carbocycles. The summed E-state index contributed by atoms with van der Waals surface area (Å²) in [5, 5.41) is 22.1. The summed E-state index contributed by atoms with van der Waals surface area (Å²) in [6.07, 6.45) is 3.32. The van der Waals surface area contributed by atoms with Gasteiger partial charge in [-0.3, -0.25) is 14.9 Å². The molecule has 7 heteroatoms. The molecule has 1 rings (SSSR count). The Morgan fingerprint density at radius 2 is 2.10 bits per heavy atom. The molecule has 112 valence electrons. The lowest BCUT2D eigenvalue weighted by Crippen LogP contribution is -2.39. The number of para-hydroxylation sites is 1. The van der Waals surface area contributed by atoms with E-state index in [1.165, 1.54) is 24.3 Å². The maximum atomic E-state index is 11.7. The van der Waals surface area contributed by atoms with Gasteiger partial charge in [-0.15, -0.1) is 0 Å². The van der Waals surface area contributed by atoms with Gasteiger partial charge in [0.2, 0.25) is 5.91 Å². The van der Waals surface area contributed by atoms with Crippen LogP contribution in [0, 0.1) is 10.1 Å². The number of carbonyl (C=O) groups is 2. The second kappa shape index (κ2) is 7.78. The number of hydrogen-bond acceptors (Lipinski definition) is 4. The molecule has 0 saturated carbocycles. The third-order valence-electron chi connectivity index (χ3n) is 2.74. The van der Waals surface area contributed by atoms with Crippen LogP contribution in [0.1, 0.15) is 25.3 Å². The average molecular weight is 292 g/mol. The fraction of sp³-hybridized carbons (Fsp3) is 0.286. The molecule has 1 atom stereocenters. The summed E-state index contributed by atoms with van der Waals surface area (Å²) in [5.74, 6) is -1.71. The van der Waals surface area contributed by atoms with Gasteiger partial charge in [-0.1, -0.05) is 25.5 Å². The molecule has 0 fully saturated rings. The summed E-state index contributed by atoms with van der Waals surface area (Å²) in [6, 6.07) is 5.01. The molecule has 0 aliphatic carbocycles. The summed E-state index contributed by atoms with van der Waals surface area (Å²) < 4.78 is 0. The molecular formula is C14H16N2O5. The fourth-order valence-electron chi connectivity index (χ4n) is 1.73. The minimum Gasteiger partial charge on any atom is -0.480 e. The summed E-state index contributed by atoms with van der Waals surface area (Å²) >= 11 is 0. The van der Waals surface area contributed by atoms with Crippen LogP contribution in [0.2, 0.25) is 0 Å². The van der Waals surface area contributed by atoms with E-state index in [0.29, 0.717) is 12.8 Å². The van der Waals surface area contributed by atoms with Crippen LogP contribution in [0.4, 0.5) is 5.69 Å². The fourth-order valence-corrected chi connectivity index (χ4v) is 1.73. The lowest BCUT2D eigenvalue weighted by molar-refractivity contribution is -0.385. The molecular weight excluding hydrogens is 276 g/mol. The van der Waals surface area contributed by atoms with Crippen molar-refractivity contribution in [2.75, 3.05) is 0 Å². The average Bonchev–Trinajstić information content (AvgIpc) is 2.44. The number of benzene rings is 1. The van der Waals surface area contributed by atoms with E-state index >= 15 is 0 Å². The standard InChI is InChI=1S/C14H16N2O5/c1-2-5-11(14(18)19)15-13(17)9-8-10-6-3-4-7-12(10)16(20)21/h3-4,6-9,11H,2,5H2,1H3,(H,15,17)(H,18,19)/b9-8+/t11-/m1/s1. The Labute approximate surface area is 121 Å². The number of nitro benzene ring substituents is 1. The highest BCUT2D eigenvalue weighted by atomic mass is 16.6. The van der Waals surface area contributed by atoms with E-state index in [0.717, 1.165) is 6.08 Å². The number of nitrogens with one attached hydrogen (secondary N) is 1. The number of nitro groups is 1. The molecule has 0 bridgehead atoms. The Bertz CT molecular complexity index is 568. The third-order valence-corrected chi connectivity index (χ3v) is 2.74. The highest BCUT2D eigenvalue weighted by molar-refractivity contribution is 5.94. The Hall–Kier alpha value is -2.70. The van der Waals surface area contributed by atoms with E-state index in [2.05, 4.69) is 5.32 Å². The number of aliphatic carboxylic acids is 1. The molecule has 0 aromatic heterocycles. The molecule has 1 amide bonds. The van der Waals surface area contributed by atoms with Crippen LogP contribution >= 0.6 is 0 Å². The smallest absolute Gasteiger partial charge is 0.326 e. The number of nitrogens with zero attached hydrogens (tertiary/aromatic N) is 1. The molecule has 21 heavy (non-hydrogen) atoms. The van der Waals surface area contributed by atoms with Crippen LogP contribution < -0.4 is 5.32 Å². The minimum absolute atomic E-state index is 0.120. The maximum absolute atomic E-state index is 11.7. The number of hydrogen-bond donors (Lipinski definition) is 2. The number of carboxylic acid groups (broad SMARTS) is 1. The van der Waals surface area contributed by atoms with Crippen LogP contribution in [-0.2, 0) is 9.59 Å². The topological polar surface area (TPSA) is 110 Å². The minimum atomic E-state index is -1.11. The first kappa shape index (κ1) is 16.4. The zero-order chi connectivity index (χ0) is 15.8. The van der Waals surface area contributed by atoms with Crippen LogP contribution in [-0.4, -0.2) is 27.9 Å². The van der Waals surface area contributed by atoms with Crippen molar-refractivity contribution in [3.8, 4) is 0 Å². The Balaban J connectivity index is 2.79. The molecule has 0 saturated heterocycles. The molecule has 7 nitrogen and oxygen atoms in total. The molecule has 0 spiro atoms. The third kappa shape index (κ3) is 5.06. The SMILES string of the molecule is CCC[C@@H](NC(=O)/C=C/c1ccccc1[N+](=O)[O-])C(=O)O. The van der Waals surface area contributed by atoms with Crippen molar-refractivity contribution in [3.05, 3.63) is 46.0 Å². The molecule has 2 N–H and O–H groups in total. The van der Waals surface area contributed by atoms with E-state index in [1.807, 2.05) is 6.92 Å². The van der Waals surface area contributed by atoms with E-state index in [9.17, 15) is 19.7 Å². The first-order valence-corrected chi connectivity index (χ1v) is 6.40. The van der Waals surface area contributed by atoms with E-state index in [4.69, 9.17) is 5.11 Å². The van der Waals surface area contributed by atoms with E-state index in [1.54, 1.807) is 6.07 Å².